The topological polar surface area (TPSA) is 63.8 Å². The lowest BCUT2D eigenvalue weighted by Gasteiger charge is -2.21. The van der Waals surface area contributed by atoms with Gasteiger partial charge < -0.3 is 9.13 Å². The Hall–Kier alpha value is -10.1. The molecule has 0 saturated heterocycles. The van der Waals surface area contributed by atoms with Crippen LogP contribution in [-0.2, 0) is 0 Å². The van der Waals surface area contributed by atoms with Crippen molar-refractivity contribution in [2.24, 2.45) is 0 Å². The molecule has 13 rings (SSSR count). The summed E-state index contributed by atoms with van der Waals surface area (Å²) < 4.78 is 4.79. The quantitative estimate of drug-likeness (QED) is 0.143. The molecule has 6 heteroatoms. The van der Waals surface area contributed by atoms with Gasteiger partial charge in [-0.1, -0.05) is 170 Å². The summed E-state index contributed by atoms with van der Waals surface area (Å²) in [5, 5.41) is 14.4. The van der Waals surface area contributed by atoms with Crippen molar-refractivity contribution in [2.45, 2.75) is 0 Å². The number of nitrogens with zero attached hydrogens (tertiary/aromatic N) is 6. The Morgan fingerprint density at radius 1 is 0.375 bits per heavy atom. The third-order valence-corrected chi connectivity index (χ3v) is 13.8. The average Bonchev–Trinajstić information content (AvgIpc) is 3.97. The van der Waals surface area contributed by atoms with Gasteiger partial charge in [0, 0.05) is 49.4 Å². The number of benzene rings is 10. The van der Waals surface area contributed by atoms with Crippen LogP contribution in [0.1, 0.15) is 5.56 Å². The zero-order chi connectivity index (χ0) is 48.1. The first-order valence-electron chi connectivity index (χ1n) is 23.9. The van der Waals surface area contributed by atoms with E-state index in [1.807, 2.05) is 72.8 Å². The normalized spacial score (nSPS) is 11.3. The van der Waals surface area contributed by atoms with Crippen LogP contribution in [0.4, 0.5) is 5.69 Å². The maximum Gasteiger partial charge on any atom is 0.187 e. The lowest BCUT2D eigenvalue weighted by atomic mass is 9.94. The van der Waals surface area contributed by atoms with Crippen molar-refractivity contribution in [3.8, 4) is 84.7 Å². The fourth-order valence-electron chi connectivity index (χ4n) is 10.5. The molecule has 0 spiro atoms. The van der Waals surface area contributed by atoms with Crippen LogP contribution < -0.4 is 0 Å². The molecule has 6 nitrogen and oxygen atoms in total. The lowest BCUT2D eigenvalue weighted by Crippen LogP contribution is -2.04. The van der Waals surface area contributed by atoms with Crippen molar-refractivity contribution in [2.75, 3.05) is 0 Å². The van der Waals surface area contributed by atoms with Crippen LogP contribution in [0.5, 0.6) is 0 Å². The average molecular weight is 917 g/mol. The maximum absolute atomic E-state index is 9.90. The van der Waals surface area contributed by atoms with Gasteiger partial charge in [-0.3, -0.25) is 0 Å². The Labute approximate surface area is 416 Å². The second-order valence-corrected chi connectivity index (χ2v) is 17.9. The lowest BCUT2D eigenvalue weighted by molar-refractivity contribution is 1.15. The van der Waals surface area contributed by atoms with Crippen LogP contribution in [-0.4, -0.2) is 19.1 Å². The summed E-state index contributed by atoms with van der Waals surface area (Å²) in [6.45, 7) is 7.79. The van der Waals surface area contributed by atoms with Gasteiger partial charge in [-0.15, -0.1) is 0 Å². The molecule has 0 aliphatic heterocycles. The first-order valence-corrected chi connectivity index (χ1v) is 23.9. The van der Waals surface area contributed by atoms with E-state index in [1.54, 1.807) is 0 Å². The fourth-order valence-corrected chi connectivity index (χ4v) is 10.5. The van der Waals surface area contributed by atoms with Gasteiger partial charge in [-0.2, -0.15) is 5.26 Å². The summed E-state index contributed by atoms with van der Waals surface area (Å²) in [7, 11) is 0. The second kappa shape index (κ2) is 17.4. The number of hydrogen-bond acceptors (Lipinski definition) is 3. The van der Waals surface area contributed by atoms with E-state index in [1.165, 1.54) is 10.8 Å². The molecule has 334 valence electrons. The minimum Gasteiger partial charge on any atom is -0.309 e. The van der Waals surface area contributed by atoms with Gasteiger partial charge in [0.15, 0.2) is 11.5 Å². The minimum absolute atomic E-state index is 0.590. The predicted molar refractivity (Wildman–Crippen MR) is 294 cm³/mol. The highest BCUT2D eigenvalue weighted by Crippen LogP contribution is 2.46. The van der Waals surface area contributed by atoms with Crippen LogP contribution in [0.25, 0.3) is 127 Å². The molecule has 0 aliphatic carbocycles. The predicted octanol–water partition coefficient (Wildman–Crippen LogP) is 17.1. The van der Waals surface area contributed by atoms with Crippen LogP contribution in [0.2, 0.25) is 0 Å². The van der Waals surface area contributed by atoms with Gasteiger partial charge in [-0.25, -0.2) is 14.8 Å². The summed E-state index contributed by atoms with van der Waals surface area (Å²) in [4.78, 5) is 14.7. The van der Waals surface area contributed by atoms with Crippen molar-refractivity contribution in [1.29, 1.82) is 5.26 Å². The van der Waals surface area contributed by atoms with Crippen LogP contribution in [0, 0.1) is 17.9 Å². The molecule has 0 aliphatic rings. The SMILES string of the molecule is [C-]#[N+]c1cccc(-c2ccc3c(c2)c2cc(-c4cccc(C#N)c4)ccc2n3-c2cccc(-c3nc(-c4ccccc4)cc(-c4ccccc4)n3)c2-c2ccccc2-n2c3ccccc3c3ccccc32)c1. The Kier molecular flexibility index (Phi) is 10.2. The molecular formula is C66H40N6. The Balaban J connectivity index is 1.15. The second-order valence-electron chi connectivity index (χ2n) is 17.9. The molecule has 10 aromatic carbocycles. The molecule has 0 saturated carbocycles. The number of para-hydroxylation sites is 3. The summed E-state index contributed by atoms with van der Waals surface area (Å²) in [5.74, 6) is 0.603. The zero-order valence-electron chi connectivity index (χ0n) is 38.8. The van der Waals surface area contributed by atoms with Gasteiger partial charge in [-0.05, 0) is 95.1 Å². The monoisotopic (exact) mass is 916 g/mol. The Bertz CT molecular complexity index is 4130. The summed E-state index contributed by atoms with van der Waals surface area (Å²) in [5.41, 5.74) is 17.9. The molecule has 0 atom stereocenters. The number of nitriles is 1. The van der Waals surface area contributed by atoms with E-state index in [9.17, 15) is 5.26 Å². The molecule has 0 amide bonds. The molecule has 0 radical (unpaired) electrons. The first-order chi connectivity index (χ1) is 35.6. The van der Waals surface area contributed by atoms with E-state index in [4.69, 9.17) is 16.5 Å². The highest BCUT2D eigenvalue weighted by Gasteiger charge is 2.25. The molecule has 0 unspecified atom stereocenters. The highest BCUT2D eigenvalue weighted by molar-refractivity contribution is 6.13. The van der Waals surface area contributed by atoms with Crippen LogP contribution in [0.15, 0.2) is 243 Å². The molecule has 0 fully saturated rings. The van der Waals surface area contributed by atoms with Gasteiger partial charge in [0.05, 0.1) is 63.0 Å². The third kappa shape index (κ3) is 7.10. The highest BCUT2D eigenvalue weighted by atomic mass is 15.0. The summed E-state index contributed by atoms with van der Waals surface area (Å²) in [6.07, 6.45) is 0. The molecule has 3 heterocycles. The van der Waals surface area contributed by atoms with Gasteiger partial charge in [0.1, 0.15) is 0 Å². The van der Waals surface area contributed by atoms with Crippen LogP contribution in [0.3, 0.4) is 0 Å². The maximum atomic E-state index is 9.90. The largest absolute Gasteiger partial charge is 0.309 e. The number of rotatable bonds is 8. The van der Waals surface area contributed by atoms with E-state index >= 15 is 0 Å². The standard InChI is InChI=1S/C66H40N6/c1-68-50-24-15-23-47(38-50)49-34-36-63-56(40-49)55-39-48(46-22-14-17-43(37-46)42-67)33-35-62(55)72(63)64-32-16-28-54(66-69-57(44-18-4-2-5-19-44)41-58(70-66)45-20-6-3-7-21-45)65(64)53-27-10-13-31-61(53)71-59-29-11-8-25-51(59)52-26-9-12-30-60(52)71/h2-41H. The Morgan fingerprint density at radius 3 is 1.47 bits per heavy atom. The summed E-state index contributed by atoms with van der Waals surface area (Å²) in [6, 6.07) is 86.4. The van der Waals surface area contributed by atoms with Gasteiger partial charge >= 0.3 is 0 Å². The van der Waals surface area contributed by atoms with E-state index in [0.717, 1.165) is 106 Å². The minimum atomic E-state index is 0.590. The van der Waals surface area contributed by atoms with E-state index in [-0.39, 0.29) is 0 Å². The molecular weight excluding hydrogens is 877 g/mol. The van der Waals surface area contributed by atoms with Crippen molar-refractivity contribution >= 4 is 49.3 Å². The molecule has 13 aromatic rings. The van der Waals surface area contributed by atoms with Gasteiger partial charge in [0.2, 0.25) is 0 Å². The van der Waals surface area contributed by atoms with E-state index in [0.29, 0.717) is 17.1 Å². The van der Waals surface area contributed by atoms with Crippen molar-refractivity contribution in [3.05, 3.63) is 260 Å². The molecule has 0 bridgehead atoms. The number of hydrogen-bond donors (Lipinski definition) is 0. The molecule has 72 heavy (non-hydrogen) atoms. The fraction of sp³-hybridized carbons (Fsp3) is 0. The summed E-state index contributed by atoms with van der Waals surface area (Å²) >= 11 is 0. The third-order valence-electron chi connectivity index (χ3n) is 13.8. The van der Waals surface area contributed by atoms with Crippen molar-refractivity contribution in [3.63, 3.8) is 0 Å². The van der Waals surface area contributed by atoms with E-state index in [2.05, 4.69) is 190 Å². The molecule has 3 aromatic heterocycles. The number of aromatic nitrogens is 4. The number of fused-ring (bicyclic) bond motifs is 6. The Morgan fingerprint density at radius 2 is 0.847 bits per heavy atom. The van der Waals surface area contributed by atoms with Crippen molar-refractivity contribution < 1.29 is 0 Å². The van der Waals surface area contributed by atoms with Crippen molar-refractivity contribution in [1.82, 2.24) is 19.1 Å². The molecule has 0 N–H and O–H groups in total. The smallest absolute Gasteiger partial charge is 0.187 e. The first kappa shape index (κ1) is 42.0. The van der Waals surface area contributed by atoms with Crippen LogP contribution >= 0.6 is 0 Å². The van der Waals surface area contributed by atoms with E-state index < -0.39 is 0 Å². The van der Waals surface area contributed by atoms with Gasteiger partial charge in [0.25, 0.3) is 0 Å². The zero-order valence-corrected chi connectivity index (χ0v) is 38.8.